The van der Waals surface area contributed by atoms with Gasteiger partial charge in [0.15, 0.2) is 0 Å². The largest absolute Gasteiger partial charge is 0.456 e. The summed E-state index contributed by atoms with van der Waals surface area (Å²) < 4.78 is 12.5. The number of furan rings is 2. The van der Waals surface area contributed by atoms with Crippen LogP contribution < -0.4 is 0 Å². The number of para-hydroxylation sites is 2. The molecule has 0 fully saturated rings. The molecule has 8 aromatic rings. The minimum atomic E-state index is -0.0807. The van der Waals surface area contributed by atoms with Gasteiger partial charge in [-0.3, -0.25) is 4.99 Å². The first kappa shape index (κ1) is 32.9. The first-order valence-corrected chi connectivity index (χ1v) is 19.2. The molecule has 3 heterocycles. The van der Waals surface area contributed by atoms with Crippen molar-refractivity contribution >= 4 is 55.2 Å². The van der Waals surface area contributed by atoms with E-state index in [9.17, 15) is 5.26 Å². The van der Waals surface area contributed by atoms with E-state index in [2.05, 4.69) is 134 Å². The number of fused-ring (bicyclic) bond motifs is 6. The van der Waals surface area contributed by atoms with Crippen molar-refractivity contribution in [3.8, 4) is 28.3 Å². The van der Waals surface area contributed by atoms with E-state index in [0.717, 1.165) is 91.1 Å². The summed E-state index contributed by atoms with van der Waals surface area (Å²) >= 11 is 0. The lowest BCUT2D eigenvalue weighted by Gasteiger charge is -2.25. The molecule has 4 heteroatoms. The smallest absolute Gasteiger partial charge is 0.135 e. The van der Waals surface area contributed by atoms with Gasteiger partial charge < -0.3 is 8.83 Å². The van der Waals surface area contributed by atoms with Crippen molar-refractivity contribution in [3.63, 3.8) is 0 Å². The maximum absolute atomic E-state index is 9.59. The van der Waals surface area contributed by atoms with Crippen LogP contribution in [0.3, 0.4) is 0 Å². The number of hydrogen-bond acceptors (Lipinski definition) is 4. The summed E-state index contributed by atoms with van der Waals surface area (Å²) in [4.78, 5) is 5.73. The van der Waals surface area contributed by atoms with E-state index in [0.29, 0.717) is 5.57 Å². The summed E-state index contributed by atoms with van der Waals surface area (Å²) in [7, 11) is 0. The molecule has 6 aromatic carbocycles. The highest BCUT2D eigenvalue weighted by Gasteiger charge is 2.29. The van der Waals surface area contributed by atoms with Gasteiger partial charge in [0.2, 0.25) is 0 Å². The predicted molar refractivity (Wildman–Crippen MR) is 226 cm³/mol. The third kappa shape index (κ3) is 5.99. The molecule has 55 heavy (non-hydrogen) atoms. The van der Waals surface area contributed by atoms with Crippen molar-refractivity contribution < 1.29 is 8.83 Å². The van der Waals surface area contributed by atoms with Crippen molar-refractivity contribution in [1.29, 1.82) is 5.26 Å². The van der Waals surface area contributed by atoms with Gasteiger partial charge in [-0.05, 0) is 124 Å². The average molecular weight is 711 g/mol. The van der Waals surface area contributed by atoms with Crippen LogP contribution in [-0.4, -0.2) is 5.71 Å². The van der Waals surface area contributed by atoms with E-state index in [-0.39, 0.29) is 17.9 Å². The van der Waals surface area contributed by atoms with Crippen LogP contribution >= 0.6 is 0 Å². The summed E-state index contributed by atoms with van der Waals surface area (Å²) in [6, 6.07) is 49.7. The number of allylic oxidation sites excluding steroid dienone is 6. The molecule has 264 valence electrons. The Bertz CT molecular complexity index is 2820. The van der Waals surface area contributed by atoms with Gasteiger partial charge in [-0.2, -0.15) is 5.26 Å². The Balaban J connectivity index is 1.16. The topological polar surface area (TPSA) is 62.4 Å². The molecule has 10 rings (SSSR count). The minimum Gasteiger partial charge on any atom is -0.456 e. The standard InChI is InChI=1S/C51H38N2O2/c1-2-33-24-40(34-10-4-3-5-11-34)30-46(35-18-16-32(31-52)17-19-35)53-51(33)41-26-38(36-20-22-49-44(28-36)42-12-6-8-14-47(42)54-49)25-39(27-41)37-21-23-50-45(29-37)43-13-7-9-15-48(43)55-50/h3-18,20-23,25-30,33,35,51H,2,19,24H2,1H3. The Kier molecular flexibility index (Phi) is 8.15. The molecule has 0 amide bonds. The van der Waals surface area contributed by atoms with Gasteiger partial charge in [-0.1, -0.05) is 104 Å². The molecular formula is C51H38N2O2. The monoisotopic (exact) mass is 710 g/mol. The molecular weight excluding hydrogens is 673 g/mol. The molecule has 2 aliphatic rings. The van der Waals surface area contributed by atoms with Crippen molar-refractivity contribution in [2.45, 2.75) is 32.2 Å². The third-order valence-corrected chi connectivity index (χ3v) is 11.5. The predicted octanol–water partition coefficient (Wildman–Crippen LogP) is 13.8. The first-order valence-electron chi connectivity index (χ1n) is 19.2. The quantitative estimate of drug-likeness (QED) is 0.173. The van der Waals surface area contributed by atoms with E-state index in [4.69, 9.17) is 13.8 Å². The fourth-order valence-electron chi connectivity index (χ4n) is 8.59. The van der Waals surface area contributed by atoms with E-state index in [1.54, 1.807) is 0 Å². The van der Waals surface area contributed by atoms with Gasteiger partial charge >= 0.3 is 0 Å². The molecule has 0 saturated carbocycles. The van der Waals surface area contributed by atoms with Crippen LogP contribution in [0.15, 0.2) is 177 Å². The van der Waals surface area contributed by atoms with Crippen molar-refractivity contribution in [2.75, 3.05) is 0 Å². The number of hydrogen-bond donors (Lipinski definition) is 0. The lowest BCUT2D eigenvalue weighted by atomic mass is 9.83. The molecule has 0 spiro atoms. The molecule has 0 N–H and O–H groups in total. The molecule has 0 saturated heterocycles. The Morgan fingerprint density at radius 1 is 0.636 bits per heavy atom. The fraction of sp³-hybridized carbons (Fsp3) is 0.137. The molecule has 2 aromatic heterocycles. The summed E-state index contributed by atoms with van der Waals surface area (Å²) in [6.07, 6.45) is 11.1. The second-order valence-corrected chi connectivity index (χ2v) is 14.8. The summed E-state index contributed by atoms with van der Waals surface area (Å²) in [5.74, 6) is 0.357. The van der Waals surface area contributed by atoms with Crippen LogP contribution in [0.5, 0.6) is 0 Å². The molecule has 0 bridgehead atoms. The van der Waals surface area contributed by atoms with Crippen molar-refractivity contribution in [1.82, 2.24) is 0 Å². The Morgan fingerprint density at radius 3 is 1.82 bits per heavy atom. The maximum atomic E-state index is 9.59. The highest BCUT2D eigenvalue weighted by molar-refractivity contribution is 6.08. The lowest BCUT2D eigenvalue weighted by Crippen LogP contribution is -2.15. The molecule has 3 unspecified atom stereocenters. The van der Waals surface area contributed by atoms with Crippen molar-refractivity contribution in [2.24, 2.45) is 16.8 Å². The SMILES string of the molecule is CCC1CC(c2ccccc2)=CC(C2C=CC(C#N)=CC2)=NC1c1cc(-c2ccc3oc4ccccc4c3c2)cc(-c2ccc3oc4ccccc4c3c2)c1. The van der Waals surface area contributed by atoms with E-state index < -0.39 is 0 Å². The zero-order valence-corrected chi connectivity index (χ0v) is 30.6. The molecule has 1 aliphatic heterocycles. The summed E-state index contributed by atoms with van der Waals surface area (Å²) in [6.45, 7) is 2.30. The maximum Gasteiger partial charge on any atom is 0.135 e. The lowest BCUT2D eigenvalue weighted by molar-refractivity contribution is 0.431. The van der Waals surface area contributed by atoms with Crippen LogP contribution in [-0.2, 0) is 0 Å². The molecule has 3 atom stereocenters. The second kappa shape index (κ2) is 13.6. The molecule has 1 aliphatic carbocycles. The van der Waals surface area contributed by atoms with Crippen LogP contribution in [0.1, 0.15) is 43.4 Å². The summed E-state index contributed by atoms with van der Waals surface area (Å²) in [5, 5.41) is 14.0. The van der Waals surface area contributed by atoms with Crippen molar-refractivity contribution in [3.05, 3.63) is 174 Å². The zero-order chi connectivity index (χ0) is 36.9. The number of aliphatic imine (C=N–C) groups is 1. The molecule has 4 nitrogen and oxygen atoms in total. The first-order chi connectivity index (χ1) is 27.1. The van der Waals surface area contributed by atoms with Crippen LogP contribution in [0.4, 0.5) is 0 Å². The Morgan fingerprint density at radius 2 is 1.24 bits per heavy atom. The van der Waals surface area contributed by atoms with E-state index in [1.807, 2.05) is 36.4 Å². The minimum absolute atomic E-state index is 0.0807. The number of benzene rings is 6. The Labute approximate surface area is 320 Å². The highest BCUT2D eigenvalue weighted by Crippen LogP contribution is 2.43. The van der Waals surface area contributed by atoms with Gasteiger partial charge in [-0.15, -0.1) is 0 Å². The highest BCUT2D eigenvalue weighted by atomic mass is 16.3. The summed E-state index contributed by atoms with van der Waals surface area (Å²) in [5.41, 5.74) is 13.6. The zero-order valence-electron chi connectivity index (χ0n) is 30.6. The van der Waals surface area contributed by atoms with Crippen LogP contribution in [0, 0.1) is 23.2 Å². The number of rotatable bonds is 6. The average Bonchev–Trinajstić information content (AvgIpc) is 3.74. The normalized spacial score (nSPS) is 18.6. The van der Waals surface area contributed by atoms with Crippen LogP contribution in [0.2, 0.25) is 0 Å². The van der Waals surface area contributed by atoms with E-state index in [1.165, 1.54) is 16.7 Å². The van der Waals surface area contributed by atoms with Gasteiger partial charge in [0.1, 0.15) is 22.3 Å². The second-order valence-electron chi connectivity index (χ2n) is 14.8. The van der Waals surface area contributed by atoms with Gasteiger partial charge in [0.25, 0.3) is 0 Å². The number of nitriles is 1. The number of nitrogens with zero attached hydrogens (tertiary/aromatic N) is 2. The third-order valence-electron chi connectivity index (χ3n) is 11.5. The van der Waals surface area contributed by atoms with Gasteiger partial charge in [0.05, 0.1) is 12.1 Å². The fourth-order valence-corrected chi connectivity index (χ4v) is 8.59. The molecule has 0 radical (unpaired) electrons. The van der Waals surface area contributed by atoms with Gasteiger partial charge in [-0.25, -0.2) is 0 Å². The van der Waals surface area contributed by atoms with Crippen LogP contribution in [0.25, 0.3) is 71.7 Å². The van der Waals surface area contributed by atoms with Gasteiger partial charge in [0, 0.05) is 38.7 Å². The Hall–Kier alpha value is -6.70. The van der Waals surface area contributed by atoms with E-state index >= 15 is 0 Å².